The number of ether oxygens (including phenoxy) is 3. The minimum absolute atomic E-state index is 0.0221. The highest BCUT2D eigenvalue weighted by Crippen LogP contribution is 2.46. The molecule has 342 valence electrons. The van der Waals surface area contributed by atoms with E-state index in [1.54, 1.807) is 26.0 Å². The number of amides is 4. The summed E-state index contributed by atoms with van der Waals surface area (Å²) in [5, 5.41) is 4.15. The zero-order valence-electron chi connectivity index (χ0n) is 34.7. The molecule has 15 nitrogen and oxygen atoms in total. The van der Waals surface area contributed by atoms with Gasteiger partial charge in [-0.3, -0.25) is 19.1 Å². The van der Waals surface area contributed by atoms with Crippen LogP contribution < -0.4 is 24.8 Å². The molecule has 4 aliphatic rings. The van der Waals surface area contributed by atoms with E-state index in [2.05, 4.69) is 25.3 Å². The van der Waals surface area contributed by atoms with E-state index in [4.69, 9.17) is 14.2 Å². The number of nitrogens with one attached hydrogen (secondary N) is 3. The second-order valence-corrected chi connectivity index (χ2v) is 18.9. The zero-order valence-corrected chi connectivity index (χ0v) is 35.5. The molecule has 2 saturated carbocycles. The van der Waals surface area contributed by atoms with Gasteiger partial charge in [0.25, 0.3) is 5.91 Å². The lowest BCUT2D eigenvalue weighted by molar-refractivity contribution is -0.244. The van der Waals surface area contributed by atoms with Crippen molar-refractivity contribution in [1.29, 1.82) is 0 Å². The van der Waals surface area contributed by atoms with Gasteiger partial charge in [0.2, 0.25) is 39.0 Å². The average Bonchev–Trinajstić information content (AvgIpc) is 4.10. The second kappa shape index (κ2) is 17.3. The smallest absolute Gasteiger partial charge is 0.438 e. The highest BCUT2D eigenvalue weighted by atomic mass is 32.2. The molecular formula is C40H50F6N6O9S. The number of carbonyl (C=O) groups excluding carboxylic acids is 4. The summed E-state index contributed by atoms with van der Waals surface area (Å²) in [6.45, 7) is 6.14. The number of fused-ring (bicyclic) bond motifs is 3. The molecule has 7 atom stereocenters. The lowest BCUT2D eigenvalue weighted by Crippen LogP contribution is -2.59. The molecule has 4 amide bonds. The van der Waals surface area contributed by atoms with Crippen LogP contribution in [0.4, 0.5) is 31.1 Å². The van der Waals surface area contributed by atoms with Crippen molar-refractivity contribution >= 4 is 44.9 Å². The van der Waals surface area contributed by atoms with Crippen molar-refractivity contribution in [3.05, 3.63) is 36.0 Å². The first kappa shape index (κ1) is 46.6. The normalized spacial score (nSPS) is 28.1. The van der Waals surface area contributed by atoms with Gasteiger partial charge in [0, 0.05) is 18.4 Å². The maximum absolute atomic E-state index is 14.9. The van der Waals surface area contributed by atoms with Crippen LogP contribution in [0, 0.1) is 17.8 Å². The Morgan fingerprint density at radius 3 is 2.35 bits per heavy atom. The van der Waals surface area contributed by atoms with Gasteiger partial charge < -0.3 is 29.7 Å². The van der Waals surface area contributed by atoms with Crippen molar-refractivity contribution in [2.75, 3.05) is 13.2 Å². The van der Waals surface area contributed by atoms with Gasteiger partial charge in [0.1, 0.15) is 29.5 Å². The molecule has 22 heteroatoms. The molecule has 1 aromatic heterocycles. The number of nitrogens with zero attached hydrogens (tertiary/aromatic N) is 3. The molecule has 3 heterocycles. The molecule has 6 rings (SSSR count). The van der Waals surface area contributed by atoms with Gasteiger partial charge in [0.15, 0.2) is 0 Å². The summed E-state index contributed by atoms with van der Waals surface area (Å²) >= 11 is 0. The minimum Gasteiger partial charge on any atom is -0.494 e. The maximum Gasteiger partial charge on any atom is 0.438 e. The van der Waals surface area contributed by atoms with Gasteiger partial charge in [-0.25, -0.2) is 23.2 Å². The van der Waals surface area contributed by atoms with Crippen LogP contribution in [-0.4, -0.2) is 101 Å². The largest absolute Gasteiger partial charge is 0.494 e. The predicted molar refractivity (Wildman–Crippen MR) is 209 cm³/mol. The number of halogens is 6. The van der Waals surface area contributed by atoms with Crippen LogP contribution in [0.2, 0.25) is 0 Å². The summed E-state index contributed by atoms with van der Waals surface area (Å²) in [4.78, 5) is 65.2. The molecule has 62 heavy (non-hydrogen) atoms. The first-order valence-corrected chi connectivity index (χ1v) is 22.0. The second-order valence-electron chi connectivity index (χ2n) is 16.9. The molecule has 0 spiro atoms. The first-order valence-electron chi connectivity index (χ1n) is 20.5. The molecule has 2 aliphatic carbocycles. The van der Waals surface area contributed by atoms with E-state index >= 15 is 0 Å². The molecule has 1 unspecified atom stereocenters. The average molecular weight is 905 g/mol. The minimum atomic E-state index is -5.09. The third-order valence-electron chi connectivity index (χ3n) is 11.7. The topological polar surface area (TPSA) is 195 Å². The third kappa shape index (κ3) is 10.1. The summed E-state index contributed by atoms with van der Waals surface area (Å²) in [5.41, 5.74) is -6.47. The van der Waals surface area contributed by atoms with Crippen molar-refractivity contribution in [3.8, 4) is 11.6 Å². The number of aromatic nitrogens is 2. The van der Waals surface area contributed by atoms with E-state index in [1.165, 1.54) is 18.2 Å². The Morgan fingerprint density at radius 1 is 1.02 bits per heavy atom. The number of hydrogen-bond donors (Lipinski definition) is 3. The van der Waals surface area contributed by atoms with Gasteiger partial charge in [-0.05, 0) is 83.3 Å². The van der Waals surface area contributed by atoms with Gasteiger partial charge in [0.05, 0.1) is 29.4 Å². The summed E-state index contributed by atoms with van der Waals surface area (Å²) in [7, 11) is -4.09. The standard InChI is InChI=1S/C40H50F6N6O9S/c1-6-22-16-21(3)10-8-9-11-23-19-38(23,35(55)51-62(57,58)26-13-14-26)50-32(53)29-18-25(20-52(29)34(54)30(22)49-36(56)61-37(4,5)40(44,45)46)60-33-31(39(41,42)43)47-27-15-12-24(59-7-2)17-28(27)48-33/h9,11-12,15,17,21-23,25-26,29-30H,6-8,10,13-14,16,18-20H2,1-5H3,(H,49,56)(H,50,53)(H,51,55)/b11-9-/t21-,22-,23?,25-,29+,30+,38-/m1/s1. The van der Waals surface area contributed by atoms with E-state index < -0.39 is 117 Å². The lowest BCUT2D eigenvalue weighted by Gasteiger charge is -2.35. The van der Waals surface area contributed by atoms with E-state index in [-0.39, 0.29) is 48.6 Å². The van der Waals surface area contributed by atoms with E-state index in [0.717, 1.165) is 4.90 Å². The van der Waals surface area contributed by atoms with Gasteiger partial charge in [-0.2, -0.15) is 26.3 Å². The fourth-order valence-electron chi connectivity index (χ4n) is 7.86. The third-order valence-corrected chi connectivity index (χ3v) is 13.6. The number of alkyl carbamates (subject to hydrolysis) is 1. The van der Waals surface area contributed by atoms with Crippen molar-refractivity contribution in [2.24, 2.45) is 17.8 Å². The quantitative estimate of drug-likeness (QED) is 0.195. The fourth-order valence-corrected chi connectivity index (χ4v) is 9.23. The molecular weight excluding hydrogens is 855 g/mol. The molecule has 3 N–H and O–H groups in total. The lowest BCUT2D eigenvalue weighted by atomic mass is 9.85. The van der Waals surface area contributed by atoms with Crippen LogP contribution >= 0.6 is 0 Å². The number of allylic oxidation sites excluding steroid dienone is 1. The Bertz CT molecular complexity index is 2200. The summed E-state index contributed by atoms with van der Waals surface area (Å²) < 4.78 is 129. The van der Waals surface area contributed by atoms with Crippen LogP contribution in [0.15, 0.2) is 30.4 Å². The SMILES string of the molecule is CCOc1ccc2nc(C(F)(F)F)c(O[C@@H]3C[C@H]4C(=O)N[C@]5(C(=O)NS(=O)(=O)C6CC6)CC5/C=C\CC[C@@H](C)C[C@@H](CC)[C@H](NC(=O)OC(C)(C)C(F)(F)F)C(=O)N4C3)nc2c1. The number of sulfonamides is 1. The van der Waals surface area contributed by atoms with Crippen LogP contribution in [0.1, 0.15) is 91.7 Å². The number of rotatable bonds is 10. The molecule has 0 radical (unpaired) electrons. The van der Waals surface area contributed by atoms with E-state index in [1.807, 2.05) is 6.92 Å². The highest BCUT2D eigenvalue weighted by Gasteiger charge is 2.62. The Labute approximate surface area is 354 Å². The van der Waals surface area contributed by atoms with Crippen molar-refractivity contribution in [2.45, 2.75) is 133 Å². The molecule has 2 aliphatic heterocycles. The molecule has 1 saturated heterocycles. The Balaban J connectivity index is 1.40. The number of carbonyl (C=O) groups is 4. The molecule has 3 fully saturated rings. The maximum atomic E-state index is 14.9. The first-order chi connectivity index (χ1) is 28.9. The van der Waals surface area contributed by atoms with Crippen LogP contribution in [-0.2, 0) is 35.3 Å². The van der Waals surface area contributed by atoms with Crippen LogP contribution in [0.5, 0.6) is 11.6 Å². The van der Waals surface area contributed by atoms with Gasteiger partial charge in [-0.15, -0.1) is 0 Å². The van der Waals surface area contributed by atoms with Crippen LogP contribution in [0.3, 0.4) is 0 Å². The van der Waals surface area contributed by atoms with Crippen molar-refractivity contribution in [3.63, 3.8) is 0 Å². The van der Waals surface area contributed by atoms with E-state index in [0.29, 0.717) is 39.5 Å². The van der Waals surface area contributed by atoms with E-state index in [9.17, 15) is 53.9 Å². The Hall–Kier alpha value is -4.89. The van der Waals surface area contributed by atoms with Crippen molar-refractivity contribution < 1.29 is 68.1 Å². The molecule has 0 bridgehead atoms. The Kier molecular flexibility index (Phi) is 13.0. The molecule has 2 aromatic rings. The number of benzene rings is 1. The monoisotopic (exact) mass is 904 g/mol. The summed E-state index contributed by atoms with van der Waals surface area (Å²) in [6.07, 6.45) is -8.03. The van der Waals surface area contributed by atoms with Crippen molar-refractivity contribution in [1.82, 2.24) is 30.2 Å². The fraction of sp³-hybridized carbons (Fsp3) is 0.650. The number of hydrogen-bond acceptors (Lipinski definition) is 11. The Morgan fingerprint density at radius 2 is 1.73 bits per heavy atom. The van der Waals surface area contributed by atoms with Gasteiger partial charge >= 0.3 is 18.4 Å². The highest BCUT2D eigenvalue weighted by molar-refractivity contribution is 7.91. The summed E-state index contributed by atoms with van der Waals surface area (Å²) in [5.74, 6) is -5.29. The summed E-state index contributed by atoms with van der Waals surface area (Å²) in [6, 6.07) is 0.803. The molecule has 1 aromatic carbocycles. The zero-order chi connectivity index (χ0) is 45.6. The predicted octanol–water partition coefficient (Wildman–Crippen LogP) is 5.72. The number of alkyl halides is 6. The van der Waals surface area contributed by atoms with Crippen LogP contribution in [0.25, 0.3) is 11.0 Å². The van der Waals surface area contributed by atoms with Gasteiger partial charge in [-0.1, -0.05) is 32.4 Å².